The first-order valence-electron chi connectivity index (χ1n) is 3.37. The summed E-state index contributed by atoms with van der Waals surface area (Å²) in [7, 11) is 0. The smallest absolute Gasteiger partial charge is 0.281 e. The molecular weight excluding hydrogens is 420 g/mol. The van der Waals surface area contributed by atoms with E-state index in [2.05, 4.69) is 4.98 Å². The molecule has 0 aromatic carbocycles. The van der Waals surface area contributed by atoms with E-state index in [1.807, 2.05) is 22.6 Å². The Morgan fingerprint density at radius 3 is 2.50 bits per heavy atom. The summed E-state index contributed by atoms with van der Waals surface area (Å²) in [5.41, 5.74) is 4.77. The molecule has 0 bridgehead atoms. The molecule has 0 radical (unpaired) electrons. The predicted octanol–water partition coefficient (Wildman–Crippen LogP) is 2.33. The van der Waals surface area contributed by atoms with E-state index in [1.54, 1.807) is 22.6 Å². The summed E-state index contributed by atoms with van der Waals surface area (Å²) in [5.74, 6) is -0.719. The molecule has 1 amide bonds. The van der Waals surface area contributed by atoms with Crippen molar-refractivity contribution in [2.75, 3.05) is 0 Å². The van der Waals surface area contributed by atoms with Crippen LogP contribution in [0.5, 0.6) is 0 Å². The van der Waals surface area contributed by atoms with Gasteiger partial charge in [-0.1, -0.05) is 0 Å². The molecule has 1 aromatic rings. The normalized spacial score (nSPS) is 10.6. The van der Waals surface area contributed by atoms with Gasteiger partial charge in [-0.25, -0.2) is 8.78 Å². The fourth-order valence-corrected chi connectivity index (χ4v) is 2.98. The standard InChI is InChI=1S/C7H4F2I2N2O/c8-6(9)5-4(11)3(7(12)14)2(10)1-13-5/h1,6H,(H2,12,14). The molecule has 0 aliphatic rings. The second-order valence-corrected chi connectivity index (χ2v) is 4.59. The first kappa shape index (κ1) is 12.0. The van der Waals surface area contributed by atoms with Gasteiger partial charge in [-0.3, -0.25) is 9.78 Å². The van der Waals surface area contributed by atoms with E-state index >= 15 is 0 Å². The predicted molar refractivity (Wildman–Crippen MR) is 63.1 cm³/mol. The van der Waals surface area contributed by atoms with E-state index in [4.69, 9.17) is 5.73 Å². The molecule has 3 nitrogen and oxygen atoms in total. The molecule has 0 saturated carbocycles. The number of primary amides is 1. The maximum absolute atomic E-state index is 12.4. The Bertz CT molecular complexity index is 384. The van der Waals surface area contributed by atoms with E-state index in [0.717, 1.165) is 0 Å². The zero-order valence-electron chi connectivity index (χ0n) is 6.60. The van der Waals surface area contributed by atoms with Gasteiger partial charge in [0.05, 0.1) is 9.13 Å². The molecule has 1 heterocycles. The quantitative estimate of drug-likeness (QED) is 0.742. The summed E-state index contributed by atoms with van der Waals surface area (Å²) in [4.78, 5) is 14.5. The van der Waals surface area contributed by atoms with E-state index < -0.39 is 18.0 Å². The van der Waals surface area contributed by atoms with E-state index in [9.17, 15) is 13.6 Å². The van der Waals surface area contributed by atoms with Crippen molar-refractivity contribution in [3.63, 3.8) is 0 Å². The monoisotopic (exact) mass is 424 g/mol. The third-order valence-corrected chi connectivity index (χ3v) is 3.36. The van der Waals surface area contributed by atoms with Crippen LogP contribution < -0.4 is 5.73 Å². The lowest BCUT2D eigenvalue weighted by Gasteiger charge is -2.07. The van der Waals surface area contributed by atoms with Gasteiger partial charge in [0.2, 0.25) is 0 Å². The molecule has 0 spiro atoms. The van der Waals surface area contributed by atoms with Crippen molar-refractivity contribution in [2.45, 2.75) is 6.43 Å². The van der Waals surface area contributed by atoms with Crippen molar-refractivity contribution < 1.29 is 13.6 Å². The van der Waals surface area contributed by atoms with Crippen molar-refractivity contribution in [1.29, 1.82) is 0 Å². The van der Waals surface area contributed by atoms with Crippen LogP contribution in [0.25, 0.3) is 0 Å². The summed E-state index contributed by atoms with van der Waals surface area (Å²) in [5, 5.41) is 0. The molecule has 1 aromatic heterocycles. The summed E-state index contributed by atoms with van der Waals surface area (Å²) in [6.07, 6.45) is -1.48. The number of nitrogens with two attached hydrogens (primary N) is 1. The zero-order valence-corrected chi connectivity index (χ0v) is 10.9. The van der Waals surface area contributed by atoms with Gasteiger partial charge in [0.25, 0.3) is 12.3 Å². The van der Waals surface area contributed by atoms with Crippen LogP contribution >= 0.6 is 45.2 Å². The number of halogens is 4. The van der Waals surface area contributed by atoms with Crippen LogP contribution in [-0.2, 0) is 0 Å². The molecule has 0 atom stereocenters. The Morgan fingerprint density at radius 2 is 2.07 bits per heavy atom. The van der Waals surface area contributed by atoms with Crippen molar-refractivity contribution in [2.24, 2.45) is 5.73 Å². The highest BCUT2D eigenvalue weighted by molar-refractivity contribution is 14.1. The third-order valence-electron chi connectivity index (χ3n) is 1.45. The van der Waals surface area contributed by atoms with Gasteiger partial charge >= 0.3 is 0 Å². The maximum Gasteiger partial charge on any atom is 0.281 e. The molecule has 0 aliphatic heterocycles. The third kappa shape index (κ3) is 2.30. The zero-order chi connectivity index (χ0) is 10.9. The highest BCUT2D eigenvalue weighted by atomic mass is 127. The summed E-state index contributed by atoms with van der Waals surface area (Å²) in [6.45, 7) is 0. The first-order valence-corrected chi connectivity index (χ1v) is 5.52. The number of pyridine rings is 1. The average molecular weight is 424 g/mol. The maximum atomic E-state index is 12.4. The van der Waals surface area contributed by atoms with Gasteiger partial charge in [-0.2, -0.15) is 0 Å². The van der Waals surface area contributed by atoms with E-state index in [1.165, 1.54) is 6.20 Å². The summed E-state index contributed by atoms with van der Waals surface area (Å²) < 4.78 is 25.4. The Labute approximate surface area is 106 Å². The molecular formula is C7H4F2I2N2O. The van der Waals surface area contributed by atoms with Gasteiger partial charge in [0, 0.05) is 9.77 Å². The second-order valence-electron chi connectivity index (χ2n) is 2.35. The molecule has 7 heteroatoms. The van der Waals surface area contributed by atoms with Crippen LogP contribution in [0, 0.1) is 7.14 Å². The average Bonchev–Trinajstić information content (AvgIpc) is 2.02. The van der Waals surface area contributed by atoms with Crippen LogP contribution in [0.15, 0.2) is 6.20 Å². The Morgan fingerprint density at radius 1 is 1.50 bits per heavy atom. The van der Waals surface area contributed by atoms with Crippen molar-refractivity contribution in [1.82, 2.24) is 4.98 Å². The van der Waals surface area contributed by atoms with Crippen molar-refractivity contribution in [3.05, 3.63) is 24.6 Å². The van der Waals surface area contributed by atoms with Crippen molar-refractivity contribution in [3.8, 4) is 0 Å². The Kier molecular flexibility index (Phi) is 3.98. The number of amides is 1. The number of aromatic nitrogens is 1. The number of hydrogen-bond donors (Lipinski definition) is 1. The minimum Gasteiger partial charge on any atom is -0.366 e. The van der Waals surface area contributed by atoms with Crippen LogP contribution in [0.3, 0.4) is 0 Å². The first-order chi connectivity index (χ1) is 6.45. The highest BCUT2D eigenvalue weighted by Gasteiger charge is 2.20. The molecule has 14 heavy (non-hydrogen) atoms. The van der Waals surface area contributed by atoms with E-state index in [-0.39, 0.29) is 9.13 Å². The molecule has 0 fully saturated rings. The van der Waals surface area contributed by atoms with Crippen LogP contribution in [0.1, 0.15) is 22.5 Å². The number of alkyl halides is 2. The minimum atomic E-state index is -2.70. The van der Waals surface area contributed by atoms with Crippen LogP contribution in [0.2, 0.25) is 0 Å². The molecule has 0 unspecified atom stereocenters. The number of nitrogens with zero attached hydrogens (tertiary/aromatic N) is 1. The van der Waals surface area contributed by atoms with Gasteiger partial charge in [-0.15, -0.1) is 0 Å². The largest absolute Gasteiger partial charge is 0.366 e. The lowest BCUT2D eigenvalue weighted by Crippen LogP contribution is -2.16. The van der Waals surface area contributed by atoms with Gasteiger partial charge < -0.3 is 5.73 Å². The molecule has 1 rings (SSSR count). The van der Waals surface area contributed by atoms with Gasteiger partial charge in [0.1, 0.15) is 5.69 Å². The SMILES string of the molecule is NC(=O)c1c(I)cnc(C(F)F)c1I. The lowest BCUT2D eigenvalue weighted by molar-refractivity contribution is 0.0997. The lowest BCUT2D eigenvalue weighted by atomic mass is 10.2. The second kappa shape index (κ2) is 4.64. The Balaban J connectivity index is 3.41. The topological polar surface area (TPSA) is 56.0 Å². The Hall–Kier alpha value is -0.0600. The number of carbonyl (C=O) groups excluding carboxylic acids is 1. The number of rotatable bonds is 2. The number of carbonyl (C=O) groups is 1. The summed E-state index contributed by atoms with van der Waals surface area (Å²) in [6, 6.07) is 0. The highest BCUT2D eigenvalue weighted by Crippen LogP contribution is 2.27. The van der Waals surface area contributed by atoms with Crippen molar-refractivity contribution >= 4 is 51.1 Å². The van der Waals surface area contributed by atoms with Gasteiger partial charge in [0.15, 0.2) is 0 Å². The van der Waals surface area contributed by atoms with Crippen LogP contribution in [0.4, 0.5) is 8.78 Å². The molecule has 0 aliphatic carbocycles. The summed E-state index contributed by atoms with van der Waals surface area (Å²) >= 11 is 3.48. The van der Waals surface area contributed by atoms with Crippen LogP contribution in [-0.4, -0.2) is 10.9 Å². The fourth-order valence-electron chi connectivity index (χ4n) is 0.858. The fraction of sp³-hybridized carbons (Fsp3) is 0.143. The molecule has 0 saturated heterocycles. The minimum absolute atomic E-state index is 0.108. The molecule has 76 valence electrons. The van der Waals surface area contributed by atoms with Gasteiger partial charge in [-0.05, 0) is 45.2 Å². The molecule has 2 N–H and O–H groups in total. The number of hydrogen-bond acceptors (Lipinski definition) is 2. The van der Waals surface area contributed by atoms with E-state index in [0.29, 0.717) is 3.57 Å².